The average molecular weight is 201 g/mol. The van der Waals surface area contributed by atoms with E-state index in [1.807, 2.05) is 0 Å². The van der Waals surface area contributed by atoms with E-state index in [0.29, 0.717) is 18.7 Å². The molecule has 3 heteroatoms. The number of aliphatic hydroxyl groups excluding tert-OH is 1. The van der Waals surface area contributed by atoms with Gasteiger partial charge in [0.15, 0.2) is 0 Å². The molecular weight excluding hydrogens is 178 g/mol. The van der Waals surface area contributed by atoms with E-state index >= 15 is 0 Å². The van der Waals surface area contributed by atoms with Crippen LogP contribution >= 0.6 is 0 Å². The van der Waals surface area contributed by atoms with Crippen molar-refractivity contribution in [1.82, 2.24) is 5.32 Å². The molecule has 0 aromatic rings. The summed E-state index contributed by atoms with van der Waals surface area (Å²) in [5.74, 6) is 0. The van der Waals surface area contributed by atoms with Gasteiger partial charge in [0.1, 0.15) is 0 Å². The van der Waals surface area contributed by atoms with E-state index < -0.39 is 0 Å². The molecule has 1 rings (SSSR count). The fourth-order valence-corrected chi connectivity index (χ4v) is 1.82. The molecule has 1 fully saturated rings. The molecule has 1 aliphatic heterocycles. The van der Waals surface area contributed by atoms with E-state index in [0.717, 1.165) is 19.3 Å². The lowest BCUT2D eigenvalue weighted by Crippen LogP contribution is -2.33. The van der Waals surface area contributed by atoms with Crippen LogP contribution < -0.4 is 5.32 Å². The van der Waals surface area contributed by atoms with E-state index in [1.165, 1.54) is 0 Å². The van der Waals surface area contributed by atoms with E-state index in [-0.39, 0.29) is 12.2 Å². The van der Waals surface area contributed by atoms with E-state index in [4.69, 9.17) is 4.74 Å². The second-order valence-corrected chi connectivity index (χ2v) is 4.60. The van der Waals surface area contributed by atoms with Gasteiger partial charge in [-0.15, -0.1) is 0 Å². The normalized spacial score (nSPS) is 29.8. The lowest BCUT2D eigenvalue weighted by molar-refractivity contribution is 0.0196. The van der Waals surface area contributed by atoms with Gasteiger partial charge in [0.25, 0.3) is 0 Å². The summed E-state index contributed by atoms with van der Waals surface area (Å²) in [6.07, 6.45) is 3.38. The van der Waals surface area contributed by atoms with Crippen LogP contribution in [0.4, 0.5) is 0 Å². The SMILES string of the molecule is CC(C)NCC(O)CC1CCC(C)O1. The van der Waals surface area contributed by atoms with E-state index in [2.05, 4.69) is 26.1 Å². The highest BCUT2D eigenvalue weighted by Gasteiger charge is 2.23. The number of hydrogen-bond acceptors (Lipinski definition) is 3. The molecule has 0 bridgehead atoms. The summed E-state index contributed by atoms with van der Waals surface area (Å²) in [5.41, 5.74) is 0. The van der Waals surface area contributed by atoms with Crippen molar-refractivity contribution in [2.45, 2.75) is 64.4 Å². The quantitative estimate of drug-likeness (QED) is 0.704. The minimum atomic E-state index is -0.271. The Labute approximate surface area is 86.8 Å². The van der Waals surface area contributed by atoms with Crippen LogP contribution in [0.5, 0.6) is 0 Å². The number of hydrogen-bond donors (Lipinski definition) is 2. The van der Waals surface area contributed by atoms with Crippen molar-refractivity contribution in [2.24, 2.45) is 0 Å². The highest BCUT2D eigenvalue weighted by atomic mass is 16.5. The molecule has 14 heavy (non-hydrogen) atoms. The Kier molecular flexibility index (Phi) is 4.85. The van der Waals surface area contributed by atoms with Gasteiger partial charge in [0, 0.05) is 19.0 Å². The Morgan fingerprint density at radius 2 is 2.14 bits per heavy atom. The van der Waals surface area contributed by atoms with Gasteiger partial charge in [-0.2, -0.15) is 0 Å². The van der Waals surface area contributed by atoms with Crippen LogP contribution in [0, 0.1) is 0 Å². The molecule has 0 aliphatic carbocycles. The lowest BCUT2D eigenvalue weighted by atomic mass is 10.1. The molecule has 1 heterocycles. The van der Waals surface area contributed by atoms with Gasteiger partial charge in [0.2, 0.25) is 0 Å². The third-order valence-corrected chi connectivity index (χ3v) is 2.62. The molecular formula is C11H23NO2. The van der Waals surface area contributed by atoms with E-state index in [9.17, 15) is 5.11 Å². The van der Waals surface area contributed by atoms with Crippen LogP contribution in [-0.4, -0.2) is 36.0 Å². The second kappa shape index (κ2) is 5.69. The lowest BCUT2D eigenvalue weighted by Gasteiger charge is -2.17. The minimum absolute atomic E-state index is 0.271. The summed E-state index contributed by atoms with van der Waals surface area (Å²) >= 11 is 0. The predicted molar refractivity (Wildman–Crippen MR) is 57.3 cm³/mol. The van der Waals surface area contributed by atoms with Gasteiger partial charge in [0.05, 0.1) is 18.3 Å². The molecule has 1 aliphatic rings. The maximum absolute atomic E-state index is 9.70. The van der Waals surface area contributed by atoms with Gasteiger partial charge in [-0.3, -0.25) is 0 Å². The first-order valence-electron chi connectivity index (χ1n) is 5.65. The van der Waals surface area contributed by atoms with Crippen molar-refractivity contribution < 1.29 is 9.84 Å². The molecule has 0 aromatic heterocycles. The Hall–Kier alpha value is -0.120. The summed E-state index contributed by atoms with van der Waals surface area (Å²) in [4.78, 5) is 0. The summed E-state index contributed by atoms with van der Waals surface area (Å²) in [5, 5.41) is 12.9. The van der Waals surface area contributed by atoms with Crippen molar-refractivity contribution in [3.05, 3.63) is 0 Å². The molecule has 0 saturated carbocycles. The third kappa shape index (κ3) is 4.40. The molecule has 0 spiro atoms. The smallest absolute Gasteiger partial charge is 0.0689 e. The summed E-state index contributed by atoms with van der Waals surface area (Å²) in [7, 11) is 0. The maximum atomic E-state index is 9.70. The standard InChI is InChI=1S/C11H23NO2/c1-8(2)12-7-10(13)6-11-5-4-9(3)14-11/h8-13H,4-7H2,1-3H3. The fraction of sp³-hybridized carbons (Fsp3) is 1.00. The summed E-state index contributed by atoms with van der Waals surface area (Å²) in [6.45, 7) is 6.94. The molecule has 1 saturated heterocycles. The van der Waals surface area contributed by atoms with Crippen LogP contribution in [0.3, 0.4) is 0 Å². The molecule has 2 N–H and O–H groups in total. The Balaban J connectivity index is 2.10. The molecule has 0 amide bonds. The second-order valence-electron chi connectivity index (χ2n) is 4.60. The van der Waals surface area contributed by atoms with E-state index in [1.54, 1.807) is 0 Å². The molecule has 0 radical (unpaired) electrons. The van der Waals surface area contributed by atoms with Gasteiger partial charge in [-0.05, 0) is 19.8 Å². The molecule has 0 aromatic carbocycles. The van der Waals surface area contributed by atoms with Crippen LogP contribution in [0.1, 0.15) is 40.0 Å². The van der Waals surface area contributed by atoms with Crippen molar-refractivity contribution in [2.75, 3.05) is 6.54 Å². The Morgan fingerprint density at radius 1 is 1.43 bits per heavy atom. The zero-order valence-corrected chi connectivity index (χ0v) is 9.49. The third-order valence-electron chi connectivity index (χ3n) is 2.62. The minimum Gasteiger partial charge on any atom is -0.392 e. The Morgan fingerprint density at radius 3 is 2.64 bits per heavy atom. The highest BCUT2D eigenvalue weighted by Crippen LogP contribution is 2.22. The molecule has 3 unspecified atom stereocenters. The van der Waals surface area contributed by atoms with Crippen LogP contribution in [-0.2, 0) is 4.74 Å². The van der Waals surface area contributed by atoms with Crippen LogP contribution in [0.25, 0.3) is 0 Å². The number of nitrogens with one attached hydrogen (secondary N) is 1. The average Bonchev–Trinajstić information content (AvgIpc) is 2.48. The summed E-state index contributed by atoms with van der Waals surface area (Å²) in [6, 6.07) is 0.438. The molecule has 3 atom stereocenters. The monoisotopic (exact) mass is 201 g/mol. The van der Waals surface area contributed by atoms with Gasteiger partial charge < -0.3 is 15.2 Å². The van der Waals surface area contributed by atoms with Gasteiger partial charge in [-0.1, -0.05) is 13.8 Å². The highest BCUT2D eigenvalue weighted by molar-refractivity contribution is 4.74. The van der Waals surface area contributed by atoms with Crippen molar-refractivity contribution in [3.8, 4) is 0 Å². The predicted octanol–water partition coefficient (Wildman–Crippen LogP) is 1.30. The topological polar surface area (TPSA) is 41.5 Å². The molecule has 84 valence electrons. The summed E-state index contributed by atoms with van der Waals surface area (Å²) < 4.78 is 5.65. The number of ether oxygens (including phenoxy) is 1. The van der Waals surface area contributed by atoms with Gasteiger partial charge >= 0.3 is 0 Å². The van der Waals surface area contributed by atoms with Crippen molar-refractivity contribution >= 4 is 0 Å². The van der Waals surface area contributed by atoms with Gasteiger partial charge in [-0.25, -0.2) is 0 Å². The van der Waals surface area contributed by atoms with Crippen molar-refractivity contribution in [3.63, 3.8) is 0 Å². The fourth-order valence-electron chi connectivity index (χ4n) is 1.82. The first-order valence-corrected chi connectivity index (χ1v) is 5.65. The van der Waals surface area contributed by atoms with Crippen LogP contribution in [0.15, 0.2) is 0 Å². The largest absolute Gasteiger partial charge is 0.392 e. The first-order chi connectivity index (χ1) is 6.58. The maximum Gasteiger partial charge on any atom is 0.0689 e. The number of rotatable bonds is 5. The molecule has 3 nitrogen and oxygen atoms in total. The van der Waals surface area contributed by atoms with Crippen LogP contribution in [0.2, 0.25) is 0 Å². The number of aliphatic hydroxyl groups is 1. The van der Waals surface area contributed by atoms with Crippen molar-refractivity contribution in [1.29, 1.82) is 0 Å². The zero-order valence-electron chi connectivity index (χ0n) is 9.49. The zero-order chi connectivity index (χ0) is 10.6. The Bertz CT molecular complexity index is 161. The first kappa shape index (κ1) is 12.0.